The maximum atomic E-state index is 10.7. The Morgan fingerprint density at radius 3 is 3.09 bits per heavy atom. The van der Waals surface area contributed by atoms with E-state index in [-0.39, 0.29) is 12.4 Å². The van der Waals surface area contributed by atoms with Crippen molar-refractivity contribution in [2.75, 3.05) is 6.61 Å². The molecule has 2 rings (SSSR count). The van der Waals surface area contributed by atoms with Crippen LogP contribution in [0.25, 0.3) is 0 Å². The molecule has 0 amide bonds. The van der Waals surface area contributed by atoms with E-state index in [1.54, 1.807) is 0 Å². The lowest BCUT2D eigenvalue weighted by molar-refractivity contribution is -0.136. The van der Waals surface area contributed by atoms with Crippen LogP contribution in [0.15, 0.2) is 11.3 Å². The Morgan fingerprint density at radius 1 is 1.55 bits per heavy atom. The van der Waals surface area contributed by atoms with Crippen molar-refractivity contribution in [3.63, 3.8) is 0 Å². The molecule has 0 saturated carbocycles. The van der Waals surface area contributed by atoms with Crippen molar-refractivity contribution < 1.29 is 19.4 Å². The minimum Gasteiger partial charge on any atom is -0.431 e. The highest BCUT2D eigenvalue weighted by atomic mass is 16.6. The van der Waals surface area contributed by atoms with Crippen LogP contribution >= 0.6 is 0 Å². The molecule has 11 heavy (non-hydrogen) atoms. The highest BCUT2D eigenvalue weighted by molar-refractivity contribution is 5.77. The van der Waals surface area contributed by atoms with E-state index in [2.05, 4.69) is 0 Å². The van der Waals surface area contributed by atoms with Gasteiger partial charge in [-0.05, 0) is 0 Å². The number of ether oxygens (including phenoxy) is 2. The van der Waals surface area contributed by atoms with Gasteiger partial charge in [0.1, 0.15) is 5.76 Å². The molecule has 0 spiro atoms. The van der Waals surface area contributed by atoms with Crippen LogP contribution in [-0.4, -0.2) is 24.0 Å². The topological polar surface area (TPSA) is 55.8 Å². The lowest BCUT2D eigenvalue weighted by Crippen LogP contribution is -2.20. The Hall–Kier alpha value is -0.870. The van der Waals surface area contributed by atoms with Crippen LogP contribution in [0, 0.1) is 0 Å². The molecule has 0 aromatic heterocycles. The summed E-state index contributed by atoms with van der Waals surface area (Å²) >= 11 is 0. The number of hydrogen-bond donors (Lipinski definition) is 1. The molecule has 1 unspecified atom stereocenters. The minimum atomic E-state index is -0.926. The summed E-state index contributed by atoms with van der Waals surface area (Å²) in [6.07, 6.45) is -0.153. The van der Waals surface area contributed by atoms with E-state index in [1.807, 2.05) is 0 Å². The third-order valence-electron chi connectivity index (χ3n) is 1.83. The zero-order chi connectivity index (χ0) is 7.84. The number of carbonyl (C=O) groups excluding carboxylic acids is 1. The highest BCUT2D eigenvalue weighted by Crippen LogP contribution is 2.29. The standard InChI is InChI=1S/C7H8O4/c8-6-3-4-5(11-6)1-2-10-7(4)9/h7,9H,1-3H2. The molecule has 60 valence electrons. The summed E-state index contributed by atoms with van der Waals surface area (Å²) in [6.45, 7) is 0.424. The van der Waals surface area contributed by atoms with Crippen molar-refractivity contribution in [2.45, 2.75) is 19.1 Å². The van der Waals surface area contributed by atoms with Gasteiger partial charge in [-0.25, -0.2) is 0 Å². The molecule has 0 saturated heterocycles. The molecule has 2 heterocycles. The second-order valence-electron chi connectivity index (χ2n) is 2.57. The first-order valence-electron chi connectivity index (χ1n) is 3.49. The minimum absolute atomic E-state index is 0.177. The van der Waals surface area contributed by atoms with Gasteiger partial charge in [0.25, 0.3) is 0 Å². The van der Waals surface area contributed by atoms with Gasteiger partial charge in [-0.3, -0.25) is 4.79 Å². The zero-order valence-corrected chi connectivity index (χ0v) is 5.87. The summed E-state index contributed by atoms with van der Waals surface area (Å²) in [5, 5.41) is 9.18. The van der Waals surface area contributed by atoms with Crippen molar-refractivity contribution in [3.8, 4) is 0 Å². The van der Waals surface area contributed by atoms with Gasteiger partial charge >= 0.3 is 5.97 Å². The number of aliphatic hydroxyl groups excluding tert-OH is 1. The van der Waals surface area contributed by atoms with E-state index < -0.39 is 6.29 Å². The quantitative estimate of drug-likeness (QED) is 0.498. The lowest BCUT2D eigenvalue weighted by Gasteiger charge is -2.17. The first kappa shape index (κ1) is 6.82. The third-order valence-corrected chi connectivity index (χ3v) is 1.83. The van der Waals surface area contributed by atoms with Gasteiger partial charge in [-0.1, -0.05) is 0 Å². The molecule has 0 aromatic carbocycles. The summed E-state index contributed by atoms with van der Waals surface area (Å²) in [7, 11) is 0. The maximum Gasteiger partial charge on any atom is 0.315 e. The van der Waals surface area contributed by atoms with Gasteiger partial charge in [0, 0.05) is 12.0 Å². The lowest BCUT2D eigenvalue weighted by atomic mass is 10.1. The van der Waals surface area contributed by atoms with Gasteiger partial charge in [-0.2, -0.15) is 0 Å². The van der Waals surface area contributed by atoms with Crippen molar-refractivity contribution in [1.82, 2.24) is 0 Å². The van der Waals surface area contributed by atoms with Crippen LogP contribution in [0.3, 0.4) is 0 Å². The largest absolute Gasteiger partial charge is 0.431 e. The second kappa shape index (κ2) is 2.32. The molecule has 4 nitrogen and oxygen atoms in total. The van der Waals surface area contributed by atoms with Gasteiger partial charge in [0.2, 0.25) is 0 Å². The summed E-state index contributed by atoms with van der Waals surface area (Å²) in [5.74, 6) is 0.313. The highest BCUT2D eigenvalue weighted by Gasteiger charge is 2.31. The number of hydrogen-bond acceptors (Lipinski definition) is 4. The van der Waals surface area contributed by atoms with Gasteiger partial charge in [-0.15, -0.1) is 0 Å². The van der Waals surface area contributed by atoms with Gasteiger partial charge < -0.3 is 14.6 Å². The van der Waals surface area contributed by atoms with E-state index in [9.17, 15) is 9.90 Å². The molecule has 2 aliphatic rings. The van der Waals surface area contributed by atoms with Gasteiger partial charge in [0.05, 0.1) is 13.0 Å². The van der Waals surface area contributed by atoms with Crippen molar-refractivity contribution in [2.24, 2.45) is 0 Å². The Kier molecular flexibility index (Phi) is 1.44. The van der Waals surface area contributed by atoms with E-state index in [0.29, 0.717) is 24.4 Å². The Bertz CT molecular complexity index is 231. The number of carbonyl (C=O) groups is 1. The smallest absolute Gasteiger partial charge is 0.315 e. The number of esters is 1. The molecule has 0 fully saturated rings. The maximum absolute atomic E-state index is 10.7. The number of rotatable bonds is 0. The predicted octanol–water partition coefficient (Wildman–Crippen LogP) is -0.0739. The monoisotopic (exact) mass is 156 g/mol. The van der Waals surface area contributed by atoms with Crippen LogP contribution in [-0.2, 0) is 14.3 Å². The molecule has 0 aromatic rings. The van der Waals surface area contributed by atoms with Gasteiger partial charge in [0.15, 0.2) is 6.29 Å². The summed E-state index contributed by atoms with van der Waals surface area (Å²) in [4.78, 5) is 10.7. The van der Waals surface area contributed by atoms with E-state index in [4.69, 9.17) is 9.47 Å². The fraction of sp³-hybridized carbons (Fsp3) is 0.571. The summed E-state index contributed by atoms with van der Waals surface area (Å²) < 4.78 is 9.74. The van der Waals surface area contributed by atoms with E-state index in [0.717, 1.165) is 0 Å². The third kappa shape index (κ3) is 1.04. The van der Waals surface area contributed by atoms with Crippen molar-refractivity contribution >= 4 is 5.97 Å². The first-order chi connectivity index (χ1) is 5.27. The van der Waals surface area contributed by atoms with Crippen LogP contribution in [0.4, 0.5) is 0 Å². The molecule has 4 heteroatoms. The average molecular weight is 156 g/mol. The van der Waals surface area contributed by atoms with Crippen LogP contribution < -0.4 is 0 Å². The molecule has 2 aliphatic heterocycles. The SMILES string of the molecule is O=C1CC2=C(CCOC2O)O1. The zero-order valence-electron chi connectivity index (χ0n) is 5.87. The number of aliphatic hydroxyl groups is 1. The fourth-order valence-corrected chi connectivity index (χ4v) is 1.29. The normalized spacial score (nSPS) is 30.3. The molecule has 1 atom stereocenters. The average Bonchev–Trinajstić information content (AvgIpc) is 2.31. The summed E-state index contributed by atoms with van der Waals surface area (Å²) in [6, 6.07) is 0. The van der Waals surface area contributed by atoms with E-state index in [1.165, 1.54) is 0 Å². The predicted molar refractivity (Wildman–Crippen MR) is 34.3 cm³/mol. The van der Waals surface area contributed by atoms with Crippen LogP contribution in [0.2, 0.25) is 0 Å². The van der Waals surface area contributed by atoms with Crippen LogP contribution in [0.5, 0.6) is 0 Å². The Balaban J connectivity index is 2.25. The molecular formula is C7H8O4. The molecule has 1 N–H and O–H groups in total. The molecule has 0 radical (unpaired) electrons. The molecule has 0 aliphatic carbocycles. The fourth-order valence-electron chi connectivity index (χ4n) is 1.29. The van der Waals surface area contributed by atoms with Crippen molar-refractivity contribution in [3.05, 3.63) is 11.3 Å². The summed E-state index contributed by atoms with van der Waals surface area (Å²) in [5.41, 5.74) is 0.598. The Morgan fingerprint density at radius 2 is 2.36 bits per heavy atom. The van der Waals surface area contributed by atoms with Crippen molar-refractivity contribution in [1.29, 1.82) is 0 Å². The second-order valence-corrected chi connectivity index (χ2v) is 2.57. The molecular weight excluding hydrogens is 148 g/mol. The Labute approximate surface area is 63.4 Å². The van der Waals surface area contributed by atoms with E-state index >= 15 is 0 Å². The first-order valence-corrected chi connectivity index (χ1v) is 3.49. The van der Waals surface area contributed by atoms with Crippen LogP contribution in [0.1, 0.15) is 12.8 Å². The molecule has 0 bridgehead atoms.